The zero-order valence-electron chi connectivity index (χ0n) is 17.8. The predicted octanol–water partition coefficient (Wildman–Crippen LogP) is 4.40. The summed E-state index contributed by atoms with van der Waals surface area (Å²) in [5.74, 6) is 1.51. The lowest BCUT2D eigenvalue weighted by molar-refractivity contribution is -0.117. The Morgan fingerprint density at radius 3 is 2.42 bits per heavy atom. The topological polar surface area (TPSA) is 84.7 Å². The number of nitrogens with one attached hydrogen (secondary N) is 2. The summed E-state index contributed by atoms with van der Waals surface area (Å²) in [7, 11) is 3.80. The zero-order chi connectivity index (χ0) is 21.5. The van der Waals surface area contributed by atoms with Crippen molar-refractivity contribution in [1.82, 2.24) is 19.7 Å². The van der Waals surface area contributed by atoms with Crippen LogP contribution < -0.4 is 10.6 Å². The van der Waals surface area contributed by atoms with E-state index in [0.29, 0.717) is 5.82 Å². The van der Waals surface area contributed by atoms with E-state index < -0.39 is 0 Å². The van der Waals surface area contributed by atoms with E-state index in [1.54, 1.807) is 6.20 Å². The van der Waals surface area contributed by atoms with Gasteiger partial charge in [-0.05, 0) is 42.3 Å². The molecule has 5 rings (SSSR count). The summed E-state index contributed by atoms with van der Waals surface area (Å²) in [5, 5.41) is 12.3. The molecule has 0 bridgehead atoms. The Balaban J connectivity index is 1.57. The number of carbonyl (C=O) groups is 1. The molecule has 3 aromatic heterocycles. The Labute approximate surface area is 180 Å². The SMILES string of the molecule is CNc1ncc(-c2ccc(-c3c(C)cnn3C)cc2)c2cc(NC(=O)C3CC3)ncc12. The van der Waals surface area contributed by atoms with Crippen LogP contribution >= 0.6 is 0 Å². The van der Waals surface area contributed by atoms with Crippen LogP contribution in [0.1, 0.15) is 18.4 Å². The van der Waals surface area contributed by atoms with Crippen molar-refractivity contribution in [3.8, 4) is 22.4 Å². The lowest BCUT2D eigenvalue weighted by atomic mass is 9.99. The van der Waals surface area contributed by atoms with Gasteiger partial charge in [-0.3, -0.25) is 9.48 Å². The molecule has 4 aromatic rings. The van der Waals surface area contributed by atoms with Gasteiger partial charge in [-0.25, -0.2) is 9.97 Å². The molecule has 7 nitrogen and oxygen atoms in total. The van der Waals surface area contributed by atoms with Crippen LogP contribution in [0.2, 0.25) is 0 Å². The van der Waals surface area contributed by atoms with E-state index in [9.17, 15) is 4.79 Å². The summed E-state index contributed by atoms with van der Waals surface area (Å²) >= 11 is 0. The van der Waals surface area contributed by atoms with Crippen molar-refractivity contribution in [3.63, 3.8) is 0 Å². The van der Waals surface area contributed by atoms with E-state index in [2.05, 4.69) is 56.9 Å². The molecule has 1 aromatic carbocycles. The van der Waals surface area contributed by atoms with Crippen molar-refractivity contribution >= 4 is 28.3 Å². The van der Waals surface area contributed by atoms with Crippen LogP contribution in [0, 0.1) is 12.8 Å². The van der Waals surface area contributed by atoms with Crippen molar-refractivity contribution in [3.05, 3.63) is 54.5 Å². The summed E-state index contributed by atoms with van der Waals surface area (Å²) in [5.41, 5.74) is 5.41. The molecule has 2 N–H and O–H groups in total. The monoisotopic (exact) mass is 412 g/mol. The maximum absolute atomic E-state index is 12.2. The predicted molar refractivity (Wildman–Crippen MR) is 123 cm³/mol. The molecular formula is C24H24N6O. The van der Waals surface area contributed by atoms with E-state index in [0.717, 1.165) is 57.4 Å². The quantitative estimate of drug-likeness (QED) is 0.508. The summed E-state index contributed by atoms with van der Waals surface area (Å²) in [4.78, 5) is 21.2. The van der Waals surface area contributed by atoms with Gasteiger partial charge in [-0.1, -0.05) is 24.3 Å². The molecule has 0 atom stereocenters. The normalized spacial score (nSPS) is 13.4. The summed E-state index contributed by atoms with van der Waals surface area (Å²) in [6.07, 6.45) is 7.43. The molecule has 0 saturated heterocycles. The van der Waals surface area contributed by atoms with Crippen LogP contribution in [-0.2, 0) is 11.8 Å². The maximum Gasteiger partial charge on any atom is 0.228 e. The number of aromatic nitrogens is 4. The van der Waals surface area contributed by atoms with Crippen LogP contribution in [0.5, 0.6) is 0 Å². The Bertz CT molecular complexity index is 1270. The van der Waals surface area contributed by atoms with E-state index in [1.807, 2.05) is 37.2 Å². The molecule has 0 unspecified atom stereocenters. The minimum Gasteiger partial charge on any atom is -0.373 e. The summed E-state index contributed by atoms with van der Waals surface area (Å²) in [6, 6.07) is 10.3. The zero-order valence-corrected chi connectivity index (χ0v) is 17.8. The molecule has 31 heavy (non-hydrogen) atoms. The molecule has 0 aliphatic heterocycles. The number of rotatable bonds is 5. The first-order valence-corrected chi connectivity index (χ1v) is 10.4. The number of hydrogen-bond donors (Lipinski definition) is 2. The highest BCUT2D eigenvalue weighted by Gasteiger charge is 2.29. The van der Waals surface area contributed by atoms with E-state index in [1.165, 1.54) is 0 Å². The molecule has 3 heterocycles. The van der Waals surface area contributed by atoms with Gasteiger partial charge in [0.05, 0.1) is 11.9 Å². The maximum atomic E-state index is 12.2. The summed E-state index contributed by atoms with van der Waals surface area (Å²) < 4.78 is 1.89. The van der Waals surface area contributed by atoms with E-state index >= 15 is 0 Å². The fourth-order valence-corrected chi connectivity index (χ4v) is 3.98. The first-order valence-electron chi connectivity index (χ1n) is 10.4. The second-order valence-electron chi connectivity index (χ2n) is 8.03. The van der Waals surface area contributed by atoms with Gasteiger partial charge in [0.1, 0.15) is 11.6 Å². The number of pyridine rings is 2. The molecule has 1 saturated carbocycles. The molecule has 7 heteroatoms. The summed E-state index contributed by atoms with van der Waals surface area (Å²) in [6.45, 7) is 2.06. The minimum atomic E-state index is 0.0483. The molecule has 0 radical (unpaired) electrons. The van der Waals surface area contributed by atoms with Gasteiger partial charge in [0.25, 0.3) is 0 Å². The highest BCUT2D eigenvalue weighted by atomic mass is 16.2. The Kier molecular flexibility index (Phi) is 4.66. The van der Waals surface area contributed by atoms with E-state index in [4.69, 9.17) is 0 Å². The number of fused-ring (bicyclic) bond motifs is 1. The highest BCUT2D eigenvalue weighted by Crippen LogP contribution is 2.35. The van der Waals surface area contributed by atoms with Crippen molar-refractivity contribution in [2.45, 2.75) is 19.8 Å². The van der Waals surface area contributed by atoms with Crippen LogP contribution in [0.4, 0.5) is 11.6 Å². The average molecular weight is 412 g/mol. The van der Waals surface area contributed by atoms with Crippen LogP contribution in [0.15, 0.2) is 48.9 Å². The molecule has 1 aliphatic carbocycles. The van der Waals surface area contributed by atoms with Gasteiger partial charge in [0.15, 0.2) is 0 Å². The Hall–Kier alpha value is -3.74. The Morgan fingerprint density at radius 2 is 1.77 bits per heavy atom. The third kappa shape index (κ3) is 3.52. The second kappa shape index (κ2) is 7.50. The first kappa shape index (κ1) is 19.2. The molecular weight excluding hydrogens is 388 g/mol. The largest absolute Gasteiger partial charge is 0.373 e. The standard InChI is InChI=1S/C24H24N6O/c1-14-11-28-30(3)22(14)16-6-4-15(5-7-16)19-12-27-23(25-2)20-13-26-21(10-18(19)20)29-24(31)17-8-9-17/h4-7,10-13,17H,8-9H2,1-3H3,(H,25,27)(H,26,29,31). The lowest BCUT2D eigenvalue weighted by Gasteiger charge is -2.13. The number of anilines is 2. The van der Waals surface area contributed by atoms with Gasteiger partial charge in [-0.15, -0.1) is 0 Å². The van der Waals surface area contributed by atoms with Gasteiger partial charge in [0.2, 0.25) is 5.91 Å². The number of nitrogens with zero attached hydrogens (tertiary/aromatic N) is 4. The van der Waals surface area contributed by atoms with Crippen molar-refractivity contribution in [2.24, 2.45) is 13.0 Å². The van der Waals surface area contributed by atoms with Crippen LogP contribution in [0.3, 0.4) is 0 Å². The van der Waals surface area contributed by atoms with Gasteiger partial charge in [-0.2, -0.15) is 5.10 Å². The van der Waals surface area contributed by atoms with Gasteiger partial charge >= 0.3 is 0 Å². The van der Waals surface area contributed by atoms with Gasteiger partial charge < -0.3 is 10.6 Å². The first-order chi connectivity index (χ1) is 15.0. The van der Waals surface area contributed by atoms with Gasteiger partial charge in [0, 0.05) is 48.9 Å². The average Bonchev–Trinajstić information content (AvgIpc) is 3.58. The number of carbonyl (C=O) groups excluding carboxylic acids is 1. The number of hydrogen-bond acceptors (Lipinski definition) is 5. The third-order valence-corrected chi connectivity index (χ3v) is 5.80. The Morgan fingerprint density at radius 1 is 1.03 bits per heavy atom. The number of amides is 1. The minimum absolute atomic E-state index is 0.0483. The second-order valence-corrected chi connectivity index (χ2v) is 8.03. The van der Waals surface area contributed by atoms with Crippen molar-refractivity contribution in [1.29, 1.82) is 0 Å². The third-order valence-electron chi connectivity index (χ3n) is 5.80. The molecule has 1 fully saturated rings. The number of benzene rings is 1. The molecule has 0 spiro atoms. The van der Waals surface area contributed by atoms with Crippen molar-refractivity contribution in [2.75, 3.05) is 17.7 Å². The molecule has 1 aliphatic rings. The fourth-order valence-electron chi connectivity index (χ4n) is 3.98. The smallest absolute Gasteiger partial charge is 0.228 e. The number of aryl methyl sites for hydroxylation is 2. The lowest BCUT2D eigenvalue weighted by Crippen LogP contribution is -2.14. The van der Waals surface area contributed by atoms with E-state index in [-0.39, 0.29) is 11.8 Å². The van der Waals surface area contributed by atoms with Crippen LogP contribution in [-0.4, -0.2) is 32.7 Å². The highest BCUT2D eigenvalue weighted by molar-refractivity contribution is 6.04. The van der Waals surface area contributed by atoms with Crippen molar-refractivity contribution < 1.29 is 4.79 Å². The molecule has 156 valence electrons. The molecule has 1 amide bonds. The fraction of sp³-hybridized carbons (Fsp3) is 0.250. The van der Waals surface area contributed by atoms with Crippen LogP contribution in [0.25, 0.3) is 33.2 Å².